The minimum atomic E-state index is -0.265. The Morgan fingerprint density at radius 1 is 1.33 bits per heavy atom. The van der Waals surface area contributed by atoms with Crippen molar-refractivity contribution in [1.82, 2.24) is 4.90 Å². The molecule has 21 heavy (non-hydrogen) atoms. The summed E-state index contributed by atoms with van der Waals surface area (Å²) in [6, 6.07) is 7.34. The molecule has 0 spiro atoms. The maximum Gasteiger partial charge on any atom is 0.307 e. The summed E-state index contributed by atoms with van der Waals surface area (Å²) < 4.78 is 4.72. The number of piperidine rings is 1. The second-order valence-corrected chi connectivity index (χ2v) is 5.39. The van der Waals surface area contributed by atoms with E-state index in [1.807, 2.05) is 23.1 Å². The highest BCUT2D eigenvalue weighted by molar-refractivity contribution is 5.81. The van der Waals surface area contributed by atoms with Gasteiger partial charge in [0.25, 0.3) is 0 Å². The van der Waals surface area contributed by atoms with Gasteiger partial charge in [0.05, 0.1) is 20.0 Å². The number of likely N-dealkylation sites (tertiary alicyclic amines) is 1. The molecule has 1 aromatic rings. The molecule has 1 fully saturated rings. The van der Waals surface area contributed by atoms with Crippen molar-refractivity contribution in [3.05, 3.63) is 29.8 Å². The molecule has 0 saturated carbocycles. The summed E-state index contributed by atoms with van der Waals surface area (Å²) in [7, 11) is 1.38. The molecule has 2 rings (SSSR count). The predicted molar refractivity (Wildman–Crippen MR) is 80.5 cm³/mol. The monoisotopic (exact) mass is 290 g/mol. The summed E-state index contributed by atoms with van der Waals surface area (Å²) in [4.78, 5) is 25.8. The smallest absolute Gasteiger partial charge is 0.307 e. The first-order valence-corrected chi connectivity index (χ1v) is 7.31. The van der Waals surface area contributed by atoms with E-state index in [1.54, 1.807) is 6.07 Å². The minimum absolute atomic E-state index is 0.0292. The third-order valence-corrected chi connectivity index (χ3v) is 3.97. The number of rotatable bonds is 4. The van der Waals surface area contributed by atoms with Crippen molar-refractivity contribution in [1.29, 1.82) is 0 Å². The number of esters is 1. The highest BCUT2D eigenvalue weighted by Gasteiger charge is 2.28. The van der Waals surface area contributed by atoms with Crippen LogP contribution in [0.4, 0.5) is 5.69 Å². The number of benzene rings is 1. The zero-order valence-electron chi connectivity index (χ0n) is 12.4. The minimum Gasteiger partial charge on any atom is -0.469 e. The van der Waals surface area contributed by atoms with Gasteiger partial charge in [-0.25, -0.2) is 0 Å². The summed E-state index contributed by atoms with van der Waals surface area (Å²) in [6.07, 6.45) is 3.43. The van der Waals surface area contributed by atoms with Crippen LogP contribution in [0, 0.1) is 0 Å². The van der Waals surface area contributed by atoms with Crippen molar-refractivity contribution in [2.24, 2.45) is 0 Å². The maximum absolute atomic E-state index is 12.5. The Morgan fingerprint density at radius 2 is 2.10 bits per heavy atom. The predicted octanol–water partition coefficient (Wildman–Crippen LogP) is 1.76. The fraction of sp³-hybridized carbons (Fsp3) is 0.500. The molecule has 5 nitrogen and oxygen atoms in total. The number of amides is 1. The molecule has 1 saturated heterocycles. The van der Waals surface area contributed by atoms with Gasteiger partial charge in [-0.2, -0.15) is 0 Å². The quantitative estimate of drug-likeness (QED) is 0.677. The van der Waals surface area contributed by atoms with E-state index in [9.17, 15) is 9.59 Å². The number of ether oxygens (including phenoxy) is 1. The molecule has 0 radical (unpaired) electrons. The summed E-state index contributed by atoms with van der Waals surface area (Å²) in [5.74, 6) is -0.236. The molecule has 1 heterocycles. The molecule has 0 aromatic heterocycles. The number of nitrogens with zero attached hydrogens (tertiary/aromatic N) is 1. The Kier molecular flexibility index (Phi) is 5.20. The van der Waals surface area contributed by atoms with Crippen LogP contribution in [0.5, 0.6) is 0 Å². The molecule has 0 aliphatic carbocycles. The highest BCUT2D eigenvalue weighted by atomic mass is 16.5. The van der Waals surface area contributed by atoms with Gasteiger partial charge in [0, 0.05) is 18.3 Å². The van der Waals surface area contributed by atoms with Crippen LogP contribution in [0.25, 0.3) is 0 Å². The van der Waals surface area contributed by atoms with E-state index in [0.29, 0.717) is 12.2 Å². The van der Waals surface area contributed by atoms with Crippen LogP contribution in [0.15, 0.2) is 24.3 Å². The molecule has 114 valence electrons. The average Bonchev–Trinajstić information content (AvgIpc) is 2.50. The third kappa shape index (κ3) is 3.97. The first kappa shape index (κ1) is 15.4. The molecule has 1 aliphatic rings. The number of methoxy groups -OCH3 is 1. The lowest BCUT2D eigenvalue weighted by molar-refractivity contribution is -0.144. The van der Waals surface area contributed by atoms with Gasteiger partial charge in [0.1, 0.15) is 0 Å². The fourth-order valence-electron chi connectivity index (χ4n) is 2.78. The van der Waals surface area contributed by atoms with E-state index >= 15 is 0 Å². The molecular weight excluding hydrogens is 268 g/mol. The number of nitrogen functional groups attached to an aromatic ring is 1. The number of hydrogen-bond acceptors (Lipinski definition) is 4. The zero-order chi connectivity index (χ0) is 15.2. The second-order valence-electron chi connectivity index (χ2n) is 5.39. The number of nitrogens with two attached hydrogens (primary N) is 1. The lowest BCUT2D eigenvalue weighted by atomic mass is 9.98. The largest absolute Gasteiger partial charge is 0.469 e. The molecule has 1 atom stereocenters. The molecular formula is C16H22N2O3. The molecule has 5 heteroatoms. The van der Waals surface area contributed by atoms with Gasteiger partial charge < -0.3 is 15.4 Å². The van der Waals surface area contributed by atoms with Gasteiger partial charge in [-0.1, -0.05) is 18.2 Å². The Labute approximate surface area is 125 Å². The van der Waals surface area contributed by atoms with Crippen LogP contribution in [-0.2, 0) is 20.7 Å². The topological polar surface area (TPSA) is 72.6 Å². The van der Waals surface area contributed by atoms with Crippen LogP contribution < -0.4 is 5.73 Å². The molecule has 1 unspecified atom stereocenters. The van der Waals surface area contributed by atoms with E-state index < -0.39 is 0 Å². The first-order chi connectivity index (χ1) is 10.1. The van der Waals surface area contributed by atoms with Crippen molar-refractivity contribution in [3.8, 4) is 0 Å². The van der Waals surface area contributed by atoms with Gasteiger partial charge in [-0.3, -0.25) is 9.59 Å². The molecule has 1 amide bonds. The lowest BCUT2D eigenvalue weighted by Crippen LogP contribution is -2.45. The van der Waals surface area contributed by atoms with E-state index in [-0.39, 0.29) is 30.8 Å². The summed E-state index contributed by atoms with van der Waals surface area (Å²) in [5, 5.41) is 0. The summed E-state index contributed by atoms with van der Waals surface area (Å²) in [6.45, 7) is 0.702. The number of anilines is 1. The molecule has 1 aromatic carbocycles. The van der Waals surface area contributed by atoms with Crippen LogP contribution in [0.1, 0.15) is 31.2 Å². The Balaban J connectivity index is 2.04. The number of hydrogen-bond donors (Lipinski definition) is 1. The van der Waals surface area contributed by atoms with Gasteiger partial charge >= 0.3 is 5.97 Å². The zero-order valence-corrected chi connectivity index (χ0v) is 12.4. The van der Waals surface area contributed by atoms with Crippen molar-refractivity contribution in [2.45, 2.75) is 38.1 Å². The first-order valence-electron chi connectivity index (χ1n) is 7.31. The second kappa shape index (κ2) is 7.11. The van der Waals surface area contributed by atoms with Crippen molar-refractivity contribution in [3.63, 3.8) is 0 Å². The van der Waals surface area contributed by atoms with Gasteiger partial charge in [0.2, 0.25) is 5.91 Å². The van der Waals surface area contributed by atoms with Crippen LogP contribution in [0.3, 0.4) is 0 Å². The normalized spacial score (nSPS) is 18.3. The number of carbonyl (C=O) groups excluding carboxylic acids is 2. The van der Waals surface area contributed by atoms with Crippen molar-refractivity contribution in [2.75, 3.05) is 19.4 Å². The molecule has 1 aliphatic heterocycles. The standard InChI is InChI=1S/C16H22N2O3/c1-21-16(20)11-13-7-4-5-9-18(13)15(19)10-12-6-2-3-8-14(12)17/h2-3,6,8,13H,4-5,7,9-11,17H2,1H3. The van der Waals surface area contributed by atoms with Gasteiger partial charge in [-0.15, -0.1) is 0 Å². The maximum atomic E-state index is 12.5. The molecule has 0 bridgehead atoms. The van der Waals surface area contributed by atoms with Crippen LogP contribution in [-0.4, -0.2) is 36.5 Å². The van der Waals surface area contributed by atoms with Crippen molar-refractivity contribution < 1.29 is 14.3 Å². The van der Waals surface area contributed by atoms with Crippen LogP contribution >= 0.6 is 0 Å². The Bertz CT molecular complexity index is 516. The summed E-state index contributed by atoms with van der Waals surface area (Å²) in [5.41, 5.74) is 7.36. The van der Waals surface area contributed by atoms with E-state index in [2.05, 4.69) is 0 Å². The van der Waals surface area contributed by atoms with E-state index in [4.69, 9.17) is 10.5 Å². The lowest BCUT2D eigenvalue weighted by Gasteiger charge is -2.35. The molecule has 2 N–H and O–H groups in total. The van der Waals surface area contributed by atoms with E-state index in [1.165, 1.54) is 7.11 Å². The Morgan fingerprint density at radius 3 is 2.81 bits per heavy atom. The van der Waals surface area contributed by atoms with Gasteiger partial charge in [-0.05, 0) is 30.9 Å². The SMILES string of the molecule is COC(=O)CC1CCCCN1C(=O)Cc1ccccc1N. The third-order valence-electron chi connectivity index (χ3n) is 3.97. The number of para-hydroxylation sites is 1. The number of carbonyl (C=O) groups is 2. The average molecular weight is 290 g/mol. The van der Waals surface area contributed by atoms with Crippen LogP contribution in [0.2, 0.25) is 0 Å². The Hall–Kier alpha value is -2.04. The van der Waals surface area contributed by atoms with Crippen molar-refractivity contribution >= 4 is 17.6 Å². The fourth-order valence-corrected chi connectivity index (χ4v) is 2.78. The van der Waals surface area contributed by atoms with Gasteiger partial charge in [0.15, 0.2) is 0 Å². The summed E-state index contributed by atoms with van der Waals surface area (Å²) >= 11 is 0. The van der Waals surface area contributed by atoms with E-state index in [0.717, 1.165) is 24.8 Å². The highest BCUT2D eigenvalue weighted by Crippen LogP contribution is 2.22.